The SMILES string of the molecule is C=CC(=O)NC(=O)OCC1CCC(COC(=O)NC(=O)C=C)O1. The summed E-state index contributed by atoms with van der Waals surface area (Å²) in [5.41, 5.74) is 0. The number of ether oxygens (including phenoxy) is 3. The van der Waals surface area contributed by atoms with E-state index in [1.54, 1.807) is 0 Å². The van der Waals surface area contributed by atoms with Gasteiger partial charge in [-0.1, -0.05) is 13.2 Å². The summed E-state index contributed by atoms with van der Waals surface area (Å²) in [5, 5.41) is 3.87. The Morgan fingerprint density at radius 3 is 1.65 bits per heavy atom. The van der Waals surface area contributed by atoms with E-state index in [0.717, 1.165) is 12.2 Å². The Morgan fingerprint density at radius 2 is 1.30 bits per heavy atom. The fraction of sp³-hybridized carbons (Fsp3) is 0.429. The summed E-state index contributed by atoms with van der Waals surface area (Å²) in [7, 11) is 0. The average Bonchev–Trinajstić information content (AvgIpc) is 2.98. The van der Waals surface area contributed by atoms with Crippen LogP contribution in [0.1, 0.15) is 12.8 Å². The quantitative estimate of drug-likeness (QED) is 0.678. The van der Waals surface area contributed by atoms with E-state index in [2.05, 4.69) is 13.2 Å². The molecule has 0 aromatic heterocycles. The van der Waals surface area contributed by atoms with E-state index >= 15 is 0 Å². The molecule has 4 amide bonds. The Kier molecular flexibility index (Phi) is 7.48. The fourth-order valence-corrected chi connectivity index (χ4v) is 1.74. The second-order valence-electron chi connectivity index (χ2n) is 4.54. The molecule has 0 saturated carbocycles. The van der Waals surface area contributed by atoms with Crippen LogP contribution in [0.3, 0.4) is 0 Å². The number of hydrogen-bond donors (Lipinski definition) is 2. The van der Waals surface area contributed by atoms with Crippen LogP contribution in [-0.2, 0) is 23.8 Å². The lowest BCUT2D eigenvalue weighted by molar-refractivity contribution is -0.116. The summed E-state index contributed by atoms with van der Waals surface area (Å²) in [6.07, 6.45) is 0.609. The summed E-state index contributed by atoms with van der Waals surface area (Å²) < 4.78 is 15.1. The van der Waals surface area contributed by atoms with Gasteiger partial charge in [0.2, 0.25) is 0 Å². The van der Waals surface area contributed by atoms with Crippen molar-refractivity contribution in [3.8, 4) is 0 Å². The van der Waals surface area contributed by atoms with E-state index in [-0.39, 0.29) is 25.4 Å². The highest BCUT2D eigenvalue weighted by molar-refractivity contribution is 5.98. The minimum absolute atomic E-state index is 0.0338. The van der Waals surface area contributed by atoms with Crippen LogP contribution in [0.2, 0.25) is 0 Å². The van der Waals surface area contributed by atoms with Crippen LogP contribution in [0.5, 0.6) is 0 Å². The molecule has 0 spiro atoms. The van der Waals surface area contributed by atoms with Crippen molar-refractivity contribution in [2.75, 3.05) is 13.2 Å². The van der Waals surface area contributed by atoms with Gasteiger partial charge in [-0.3, -0.25) is 20.2 Å². The molecule has 2 atom stereocenters. The van der Waals surface area contributed by atoms with Crippen molar-refractivity contribution in [1.82, 2.24) is 10.6 Å². The van der Waals surface area contributed by atoms with Crippen LogP contribution in [0.25, 0.3) is 0 Å². The van der Waals surface area contributed by atoms with Crippen molar-refractivity contribution >= 4 is 24.0 Å². The van der Waals surface area contributed by atoms with Gasteiger partial charge in [0, 0.05) is 0 Å². The molecule has 1 aliphatic rings. The molecule has 1 saturated heterocycles. The number of nitrogens with one attached hydrogen (secondary N) is 2. The fourth-order valence-electron chi connectivity index (χ4n) is 1.74. The van der Waals surface area contributed by atoms with Gasteiger partial charge in [-0.25, -0.2) is 9.59 Å². The zero-order valence-corrected chi connectivity index (χ0v) is 12.4. The molecule has 2 unspecified atom stereocenters. The Bertz CT molecular complexity index is 459. The van der Waals surface area contributed by atoms with Crippen molar-refractivity contribution in [3.63, 3.8) is 0 Å². The molecular weight excluding hydrogens is 308 g/mol. The minimum Gasteiger partial charge on any atom is -0.446 e. The number of carbonyl (C=O) groups excluding carboxylic acids is 4. The van der Waals surface area contributed by atoms with Crippen molar-refractivity contribution in [2.45, 2.75) is 25.0 Å². The van der Waals surface area contributed by atoms with Crippen LogP contribution in [-0.4, -0.2) is 49.4 Å². The predicted molar refractivity (Wildman–Crippen MR) is 77.3 cm³/mol. The molecule has 1 aliphatic heterocycles. The first kappa shape index (κ1) is 18.4. The summed E-state index contributed by atoms with van der Waals surface area (Å²) in [6.45, 7) is 6.34. The van der Waals surface area contributed by atoms with E-state index in [0.29, 0.717) is 12.8 Å². The number of amides is 4. The van der Waals surface area contributed by atoms with Gasteiger partial charge in [0.25, 0.3) is 11.8 Å². The van der Waals surface area contributed by atoms with E-state index in [1.807, 2.05) is 10.6 Å². The zero-order valence-electron chi connectivity index (χ0n) is 12.4. The third kappa shape index (κ3) is 7.23. The van der Waals surface area contributed by atoms with Gasteiger partial charge in [0.15, 0.2) is 0 Å². The van der Waals surface area contributed by atoms with Crippen LogP contribution in [0, 0.1) is 0 Å². The highest BCUT2D eigenvalue weighted by Crippen LogP contribution is 2.20. The topological polar surface area (TPSA) is 120 Å². The molecule has 9 nitrogen and oxygen atoms in total. The number of alkyl carbamates (subject to hydrolysis) is 2. The monoisotopic (exact) mass is 326 g/mol. The smallest absolute Gasteiger partial charge is 0.414 e. The molecule has 1 fully saturated rings. The number of rotatable bonds is 6. The van der Waals surface area contributed by atoms with Crippen molar-refractivity contribution < 1.29 is 33.4 Å². The lowest BCUT2D eigenvalue weighted by Crippen LogP contribution is -2.33. The molecule has 126 valence electrons. The van der Waals surface area contributed by atoms with Gasteiger partial charge >= 0.3 is 12.2 Å². The third-order valence-corrected chi connectivity index (χ3v) is 2.82. The van der Waals surface area contributed by atoms with Gasteiger partial charge in [0.05, 0.1) is 12.2 Å². The Balaban J connectivity index is 2.20. The Morgan fingerprint density at radius 1 is 0.913 bits per heavy atom. The van der Waals surface area contributed by atoms with Gasteiger partial charge in [-0.05, 0) is 25.0 Å². The lowest BCUT2D eigenvalue weighted by Gasteiger charge is -2.14. The molecule has 1 rings (SSSR count). The largest absolute Gasteiger partial charge is 0.446 e. The summed E-state index contributed by atoms with van der Waals surface area (Å²) >= 11 is 0. The summed E-state index contributed by atoms with van der Waals surface area (Å²) in [4.78, 5) is 44.2. The molecule has 0 radical (unpaired) electrons. The second kappa shape index (κ2) is 9.36. The van der Waals surface area contributed by atoms with Crippen LogP contribution < -0.4 is 10.6 Å². The van der Waals surface area contributed by atoms with E-state index in [4.69, 9.17) is 14.2 Å². The maximum absolute atomic E-state index is 11.2. The number of imide groups is 2. The maximum Gasteiger partial charge on any atom is 0.414 e. The highest BCUT2D eigenvalue weighted by Gasteiger charge is 2.27. The van der Waals surface area contributed by atoms with Crippen LogP contribution in [0.15, 0.2) is 25.3 Å². The van der Waals surface area contributed by atoms with E-state index < -0.39 is 24.0 Å². The van der Waals surface area contributed by atoms with Crippen LogP contribution in [0.4, 0.5) is 9.59 Å². The second-order valence-corrected chi connectivity index (χ2v) is 4.54. The molecule has 0 aromatic carbocycles. The standard InChI is InChI=1S/C14H18N2O7/c1-3-11(17)15-13(19)21-7-9-5-6-10(23-9)8-22-14(20)16-12(18)4-2/h3-4,9-10H,1-2,5-8H2,(H,15,17,19)(H,16,18,20). The molecule has 0 aliphatic carbocycles. The lowest BCUT2D eigenvalue weighted by atomic mass is 10.2. The van der Waals surface area contributed by atoms with Gasteiger partial charge in [0.1, 0.15) is 13.2 Å². The molecule has 0 aromatic rings. The normalized spacial score (nSPS) is 19.3. The highest BCUT2D eigenvalue weighted by atomic mass is 16.6. The molecule has 9 heteroatoms. The van der Waals surface area contributed by atoms with Crippen LogP contribution >= 0.6 is 0 Å². The first-order valence-electron chi connectivity index (χ1n) is 6.80. The first-order chi connectivity index (χ1) is 10.9. The number of hydrogen-bond acceptors (Lipinski definition) is 7. The molecule has 2 N–H and O–H groups in total. The van der Waals surface area contributed by atoms with Crippen molar-refractivity contribution in [2.24, 2.45) is 0 Å². The minimum atomic E-state index is -0.888. The molecule has 1 heterocycles. The predicted octanol–water partition coefficient (Wildman–Crippen LogP) is 0.412. The number of carbonyl (C=O) groups is 4. The summed E-state index contributed by atoms with van der Waals surface area (Å²) in [6, 6.07) is 0. The zero-order chi connectivity index (χ0) is 17.2. The van der Waals surface area contributed by atoms with Crippen molar-refractivity contribution in [3.05, 3.63) is 25.3 Å². The van der Waals surface area contributed by atoms with E-state index in [1.165, 1.54) is 0 Å². The molecule has 23 heavy (non-hydrogen) atoms. The van der Waals surface area contributed by atoms with E-state index in [9.17, 15) is 19.2 Å². The first-order valence-corrected chi connectivity index (χ1v) is 6.80. The third-order valence-electron chi connectivity index (χ3n) is 2.82. The van der Waals surface area contributed by atoms with Crippen molar-refractivity contribution in [1.29, 1.82) is 0 Å². The summed E-state index contributed by atoms with van der Waals surface area (Å²) in [5.74, 6) is -1.32. The maximum atomic E-state index is 11.2. The van der Waals surface area contributed by atoms with Gasteiger partial charge in [-0.15, -0.1) is 0 Å². The Labute approximate surface area is 132 Å². The van der Waals surface area contributed by atoms with Gasteiger partial charge in [-0.2, -0.15) is 0 Å². The molecule has 0 bridgehead atoms. The van der Waals surface area contributed by atoms with Gasteiger partial charge < -0.3 is 14.2 Å². The average molecular weight is 326 g/mol. The Hall–Kier alpha value is -2.68. The molecular formula is C14H18N2O7.